The lowest BCUT2D eigenvalue weighted by Crippen LogP contribution is -2.53. The van der Waals surface area contributed by atoms with Crippen LogP contribution in [0.2, 0.25) is 0 Å². The molecular weight excluding hydrogens is 170 g/mol. The van der Waals surface area contributed by atoms with E-state index >= 15 is 0 Å². The Bertz CT molecular complexity index is 234. The third-order valence-corrected chi connectivity index (χ3v) is 3.08. The highest BCUT2D eigenvalue weighted by molar-refractivity contribution is 5.26. The Kier molecular flexibility index (Phi) is 4.15. The molecule has 0 fully saturated rings. The van der Waals surface area contributed by atoms with Crippen molar-refractivity contribution in [2.75, 3.05) is 0 Å². The summed E-state index contributed by atoms with van der Waals surface area (Å²) in [6.45, 7) is 6.69. The van der Waals surface area contributed by atoms with E-state index in [-0.39, 0.29) is 0 Å². The molecule has 1 aromatic rings. The molecule has 0 unspecified atom stereocenters. The minimum atomic E-state index is 0.445. The van der Waals surface area contributed by atoms with E-state index in [1.54, 1.807) is 0 Å². The second-order valence-corrected chi connectivity index (χ2v) is 4.08. The average Bonchev–Trinajstić information content (AvgIpc) is 2.27. The topological polar surface area (TPSA) is 27.6 Å². The summed E-state index contributed by atoms with van der Waals surface area (Å²) in [5, 5.41) is 0. The quantitative estimate of drug-likeness (QED) is 0.759. The van der Waals surface area contributed by atoms with Gasteiger partial charge in [-0.05, 0) is 17.9 Å². The smallest absolute Gasteiger partial charge is 0.110 e. The van der Waals surface area contributed by atoms with Gasteiger partial charge in [0.15, 0.2) is 0 Å². The second-order valence-electron chi connectivity index (χ2n) is 4.08. The highest BCUT2D eigenvalue weighted by Gasteiger charge is 2.07. The summed E-state index contributed by atoms with van der Waals surface area (Å²) >= 11 is 0. The van der Waals surface area contributed by atoms with Crippen molar-refractivity contribution in [3.8, 4) is 0 Å². The third kappa shape index (κ3) is 2.58. The maximum absolute atomic E-state index is 4.12. The van der Waals surface area contributed by atoms with E-state index in [4.69, 9.17) is 0 Å². The van der Waals surface area contributed by atoms with E-state index in [1.165, 1.54) is 17.5 Å². The fraction of sp³-hybridized carbons (Fsp3) is 0.538. The van der Waals surface area contributed by atoms with Gasteiger partial charge in [-0.2, -0.15) is 0 Å². The average molecular weight is 192 g/mol. The first-order valence-corrected chi connectivity index (χ1v) is 5.62. The minimum Gasteiger partial charge on any atom is -0.351 e. The van der Waals surface area contributed by atoms with Crippen molar-refractivity contribution in [2.45, 2.75) is 45.6 Å². The Morgan fingerprint density at radius 2 is 1.50 bits per heavy atom. The lowest BCUT2D eigenvalue weighted by atomic mass is 9.96. The Hall–Kier alpha value is -0.820. The molecule has 1 rings (SSSR count). The van der Waals surface area contributed by atoms with Gasteiger partial charge in [0.25, 0.3) is 0 Å². The predicted molar refractivity (Wildman–Crippen MR) is 61.1 cm³/mol. The first-order valence-electron chi connectivity index (χ1n) is 5.62. The molecule has 0 spiro atoms. The molecule has 0 heterocycles. The van der Waals surface area contributed by atoms with Crippen LogP contribution in [0.3, 0.4) is 0 Å². The number of benzene rings is 1. The lowest BCUT2D eigenvalue weighted by molar-refractivity contribution is -0.427. The van der Waals surface area contributed by atoms with Crippen LogP contribution in [-0.4, -0.2) is 0 Å². The molecule has 0 aliphatic rings. The molecule has 0 aromatic heterocycles. The first-order chi connectivity index (χ1) is 6.69. The van der Waals surface area contributed by atoms with Crippen LogP contribution in [0, 0.1) is 0 Å². The number of hydrogen-bond acceptors (Lipinski definition) is 0. The van der Waals surface area contributed by atoms with E-state index in [1.807, 2.05) is 0 Å². The summed E-state index contributed by atoms with van der Waals surface area (Å²) in [6, 6.07) is 9.39. The molecule has 0 aliphatic carbocycles. The molecule has 0 bridgehead atoms. The molecule has 1 heteroatoms. The summed E-state index contributed by atoms with van der Waals surface area (Å²) in [5.74, 6) is 0.675. The van der Waals surface area contributed by atoms with Gasteiger partial charge >= 0.3 is 0 Å². The normalized spacial score (nSPS) is 15.1. The standard InChI is InChI=1S/C13H21N/c1-4-10(3)11-6-8-12(9-7-11)13(14)5-2/h6-10,13H,4-5,14H2,1-3H3/p+1/t10-,13-/m0/s1. The van der Waals surface area contributed by atoms with Crippen LogP contribution in [0.4, 0.5) is 0 Å². The van der Waals surface area contributed by atoms with E-state index < -0.39 is 0 Å². The van der Waals surface area contributed by atoms with Gasteiger partial charge in [-0.1, -0.05) is 45.0 Å². The highest BCUT2D eigenvalue weighted by atomic mass is 14.6. The molecule has 1 nitrogen and oxygen atoms in total. The van der Waals surface area contributed by atoms with E-state index in [2.05, 4.69) is 50.8 Å². The summed E-state index contributed by atoms with van der Waals surface area (Å²) < 4.78 is 0. The summed E-state index contributed by atoms with van der Waals surface area (Å²) in [6.07, 6.45) is 2.32. The minimum absolute atomic E-state index is 0.445. The van der Waals surface area contributed by atoms with Gasteiger partial charge in [0.05, 0.1) is 0 Å². The molecule has 0 aliphatic heterocycles. The van der Waals surface area contributed by atoms with Gasteiger partial charge in [0.2, 0.25) is 0 Å². The molecule has 78 valence electrons. The Morgan fingerprint density at radius 3 is 1.93 bits per heavy atom. The van der Waals surface area contributed by atoms with E-state index in [0.29, 0.717) is 12.0 Å². The van der Waals surface area contributed by atoms with Crippen molar-refractivity contribution >= 4 is 0 Å². The second kappa shape index (κ2) is 5.16. The molecule has 0 amide bonds. The molecule has 0 saturated carbocycles. The van der Waals surface area contributed by atoms with Crippen molar-refractivity contribution in [3.05, 3.63) is 35.4 Å². The van der Waals surface area contributed by atoms with Crippen LogP contribution in [0.15, 0.2) is 24.3 Å². The highest BCUT2D eigenvalue weighted by Crippen LogP contribution is 2.20. The molecule has 0 saturated heterocycles. The Balaban J connectivity index is 2.78. The summed E-state index contributed by atoms with van der Waals surface area (Å²) in [4.78, 5) is 0. The van der Waals surface area contributed by atoms with E-state index in [9.17, 15) is 0 Å². The molecule has 14 heavy (non-hydrogen) atoms. The van der Waals surface area contributed by atoms with Crippen LogP contribution in [0.5, 0.6) is 0 Å². The zero-order chi connectivity index (χ0) is 10.6. The van der Waals surface area contributed by atoms with Gasteiger partial charge in [-0.25, -0.2) is 0 Å². The predicted octanol–water partition coefficient (Wildman–Crippen LogP) is 2.89. The molecule has 0 radical (unpaired) electrons. The van der Waals surface area contributed by atoms with Crippen molar-refractivity contribution in [3.63, 3.8) is 0 Å². The first kappa shape index (κ1) is 11.3. The fourth-order valence-electron chi connectivity index (χ4n) is 1.57. The monoisotopic (exact) mass is 192 g/mol. The lowest BCUT2D eigenvalue weighted by Gasteiger charge is -2.11. The van der Waals surface area contributed by atoms with Gasteiger partial charge in [0, 0.05) is 12.0 Å². The van der Waals surface area contributed by atoms with Crippen molar-refractivity contribution in [1.82, 2.24) is 0 Å². The number of rotatable bonds is 4. The maximum Gasteiger partial charge on any atom is 0.110 e. The van der Waals surface area contributed by atoms with Crippen molar-refractivity contribution < 1.29 is 5.73 Å². The van der Waals surface area contributed by atoms with E-state index in [0.717, 1.165) is 6.42 Å². The van der Waals surface area contributed by atoms with Crippen LogP contribution in [-0.2, 0) is 0 Å². The summed E-state index contributed by atoms with van der Waals surface area (Å²) in [7, 11) is 0. The van der Waals surface area contributed by atoms with Crippen LogP contribution >= 0.6 is 0 Å². The number of hydrogen-bond donors (Lipinski definition) is 1. The van der Waals surface area contributed by atoms with Gasteiger partial charge < -0.3 is 5.73 Å². The zero-order valence-corrected chi connectivity index (χ0v) is 9.59. The molecular formula is C13H22N+. The number of quaternary nitrogens is 1. The van der Waals surface area contributed by atoms with Gasteiger partial charge in [-0.15, -0.1) is 0 Å². The molecule has 3 N–H and O–H groups in total. The fourth-order valence-corrected chi connectivity index (χ4v) is 1.57. The zero-order valence-electron chi connectivity index (χ0n) is 9.59. The largest absolute Gasteiger partial charge is 0.351 e. The van der Waals surface area contributed by atoms with Gasteiger partial charge in [0.1, 0.15) is 6.04 Å². The summed E-state index contributed by atoms with van der Waals surface area (Å²) in [5.41, 5.74) is 6.93. The van der Waals surface area contributed by atoms with Gasteiger partial charge in [-0.3, -0.25) is 0 Å². The van der Waals surface area contributed by atoms with Crippen LogP contribution < -0.4 is 5.73 Å². The third-order valence-electron chi connectivity index (χ3n) is 3.08. The Labute approximate surface area is 87.3 Å². The van der Waals surface area contributed by atoms with Crippen LogP contribution in [0.1, 0.15) is 56.7 Å². The van der Waals surface area contributed by atoms with Crippen LogP contribution in [0.25, 0.3) is 0 Å². The molecule has 1 aromatic carbocycles. The Morgan fingerprint density at radius 1 is 1.00 bits per heavy atom. The maximum atomic E-state index is 4.12. The van der Waals surface area contributed by atoms with Crippen molar-refractivity contribution in [2.24, 2.45) is 0 Å². The SMILES string of the molecule is CC[C@H](C)c1ccc([C@@H]([NH3+])CC)cc1. The molecule has 2 atom stereocenters. The van der Waals surface area contributed by atoms with Crippen molar-refractivity contribution in [1.29, 1.82) is 0 Å².